The van der Waals surface area contributed by atoms with Gasteiger partial charge >= 0.3 is 0 Å². The van der Waals surface area contributed by atoms with Gasteiger partial charge in [-0.3, -0.25) is 4.79 Å². The van der Waals surface area contributed by atoms with Gasteiger partial charge in [0.15, 0.2) is 0 Å². The Morgan fingerprint density at radius 3 is 2.47 bits per heavy atom. The molecule has 1 amide bonds. The van der Waals surface area contributed by atoms with Gasteiger partial charge in [0.1, 0.15) is 0 Å². The molecule has 1 unspecified atom stereocenters. The van der Waals surface area contributed by atoms with Crippen molar-refractivity contribution in [1.82, 2.24) is 5.32 Å². The number of amides is 1. The second-order valence-electron chi connectivity index (χ2n) is 6.23. The summed E-state index contributed by atoms with van der Waals surface area (Å²) in [7, 11) is 0. The van der Waals surface area contributed by atoms with E-state index in [1.54, 1.807) is 0 Å². The number of hydrogen-bond donors (Lipinski definition) is 2. The Morgan fingerprint density at radius 2 is 1.95 bits per heavy atom. The van der Waals surface area contributed by atoms with Gasteiger partial charge in [0.25, 0.3) is 0 Å². The van der Waals surface area contributed by atoms with E-state index in [0.29, 0.717) is 6.54 Å². The molecule has 1 rings (SSSR count). The number of unbranched alkanes of at least 4 members (excludes halogenated alkanes) is 1. The average Bonchev–Trinajstić information content (AvgIpc) is 2.47. The fourth-order valence-electron chi connectivity index (χ4n) is 3.14. The van der Waals surface area contributed by atoms with E-state index < -0.39 is 0 Å². The van der Waals surface area contributed by atoms with Crippen molar-refractivity contribution >= 4 is 5.91 Å². The molecule has 0 aromatic heterocycles. The van der Waals surface area contributed by atoms with E-state index in [0.717, 1.165) is 32.2 Å². The molecule has 1 atom stereocenters. The Balaban J connectivity index is 2.42. The van der Waals surface area contributed by atoms with Crippen LogP contribution in [0.1, 0.15) is 71.6 Å². The molecule has 0 aliphatic heterocycles. The van der Waals surface area contributed by atoms with Crippen LogP contribution in [0.15, 0.2) is 0 Å². The van der Waals surface area contributed by atoms with Crippen molar-refractivity contribution in [2.75, 3.05) is 13.1 Å². The Bertz CT molecular complexity index is 259. The van der Waals surface area contributed by atoms with Gasteiger partial charge in [0, 0.05) is 12.5 Å². The molecule has 1 aliphatic rings. The molecule has 0 radical (unpaired) electrons. The van der Waals surface area contributed by atoms with E-state index in [1.165, 1.54) is 32.1 Å². The minimum atomic E-state index is 0.178. The molecule has 1 fully saturated rings. The topological polar surface area (TPSA) is 55.1 Å². The molecule has 1 aliphatic carbocycles. The summed E-state index contributed by atoms with van der Waals surface area (Å²) in [6.07, 6.45) is 10.5. The van der Waals surface area contributed by atoms with Gasteiger partial charge in [-0.25, -0.2) is 0 Å². The highest BCUT2D eigenvalue weighted by Crippen LogP contribution is 2.34. The van der Waals surface area contributed by atoms with Crippen molar-refractivity contribution < 1.29 is 4.79 Å². The Labute approximate surface area is 118 Å². The monoisotopic (exact) mass is 268 g/mol. The Kier molecular flexibility index (Phi) is 7.44. The molecule has 0 saturated heterocycles. The first kappa shape index (κ1) is 16.5. The molecule has 1 saturated carbocycles. The summed E-state index contributed by atoms with van der Waals surface area (Å²) in [5.74, 6) is 0.438. The van der Waals surface area contributed by atoms with Gasteiger partial charge in [0.2, 0.25) is 5.91 Å². The summed E-state index contributed by atoms with van der Waals surface area (Å²) in [5.41, 5.74) is 6.14. The molecule has 3 N–H and O–H groups in total. The molecule has 19 heavy (non-hydrogen) atoms. The minimum Gasteiger partial charge on any atom is -0.355 e. The lowest BCUT2D eigenvalue weighted by atomic mass is 9.74. The number of carbonyl (C=O) groups is 1. The summed E-state index contributed by atoms with van der Waals surface area (Å²) in [6.45, 7) is 5.78. The predicted molar refractivity (Wildman–Crippen MR) is 80.9 cm³/mol. The summed E-state index contributed by atoms with van der Waals surface area (Å²) in [6, 6.07) is 0. The highest BCUT2D eigenvalue weighted by Gasteiger charge is 2.31. The third-order valence-corrected chi connectivity index (χ3v) is 4.75. The largest absolute Gasteiger partial charge is 0.355 e. The zero-order valence-corrected chi connectivity index (χ0v) is 12.8. The van der Waals surface area contributed by atoms with Gasteiger partial charge in [-0.1, -0.05) is 46.0 Å². The van der Waals surface area contributed by atoms with Crippen LogP contribution in [0.5, 0.6) is 0 Å². The van der Waals surface area contributed by atoms with Crippen molar-refractivity contribution in [3.05, 3.63) is 0 Å². The average molecular weight is 268 g/mol. The van der Waals surface area contributed by atoms with E-state index in [2.05, 4.69) is 19.2 Å². The summed E-state index contributed by atoms with van der Waals surface area (Å²) >= 11 is 0. The van der Waals surface area contributed by atoms with Gasteiger partial charge in [-0.15, -0.1) is 0 Å². The molecule has 0 bridgehead atoms. The van der Waals surface area contributed by atoms with E-state index in [-0.39, 0.29) is 17.2 Å². The van der Waals surface area contributed by atoms with Crippen LogP contribution in [-0.2, 0) is 4.79 Å². The first-order valence-corrected chi connectivity index (χ1v) is 8.15. The number of nitrogens with one attached hydrogen (secondary N) is 1. The summed E-state index contributed by atoms with van der Waals surface area (Å²) < 4.78 is 0. The Morgan fingerprint density at radius 1 is 1.26 bits per heavy atom. The Hall–Kier alpha value is -0.570. The minimum absolute atomic E-state index is 0.178. The van der Waals surface area contributed by atoms with Gasteiger partial charge in [0.05, 0.1) is 0 Å². The fraction of sp³-hybridized carbons (Fsp3) is 0.938. The quantitative estimate of drug-likeness (QED) is 0.710. The van der Waals surface area contributed by atoms with E-state index in [4.69, 9.17) is 5.73 Å². The van der Waals surface area contributed by atoms with Crippen LogP contribution in [0.4, 0.5) is 0 Å². The maximum absolute atomic E-state index is 12.2. The summed E-state index contributed by atoms with van der Waals surface area (Å²) in [4.78, 5) is 12.2. The molecule has 3 nitrogen and oxygen atoms in total. The highest BCUT2D eigenvalue weighted by molar-refractivity contribution is 5.78. The van der Waals surface area contributed by atoms with Crippen LogP contribution in [-0.4, -0.2) is 19.0 Å². The molecule has 112 valence electrons. The molecule has 0 aromatic rings. The standard InChI is InChI=1S/C16H32N2O/c1-3-5-9-14(4-2)15(19)18-13-16(12-17)10-7-6-8-11-16/h14H,3-13,17H2,1-2H3,(H,18,19). The first-order chi connectivity index (χ1) is 9.17. The molecular formula is C16H32N2O. The number of nitrogens with two attached hydrogens (primary N) is 1. The zero-order chi connectivity index (χ0) is 14.1. The van der Waals surface area contributed by atoms with Gasteiger partial charge in [-0.2, -0.15) is 0 Å². The smallest absolute Gasteiger partial charge is 0.223 e. The number of rotatable bonds is 8. The van der Waals surface area contributed by atoms with Crippen LogP contribution >= 0.6 is 0 Å². The van der Waals surface area contributed by atoms with E-state index in [1.807, 2.05) is 0 Å². The maximum Gasteiger partial charge on any atom is 0.223 e. The molecular weight excluding hydrogens is 236 g/mol. The van der Waals surface area contributed by atoms with Gasteiger partial charge < -0.3 is 11.1 Å². The molecule has 0 aromatic carbocycles. The van der Waals surface area contributed by atoms with Crippen molar-refractivity contribution in [2.24, 2.45) is 17.1 Å². The summed E-state index contributed by atoms with van der Waals surface area (Å²) in [5, 5.41) is 3.19. The third kappa shape index (κ3) is 5.13. The van der Waals surface area contributed by atoms with Crippen molar-refractivity contribution in [1.29, 1.82) is 0 Å². The van der Waals surface area contributed by atoms with Gasteiger partial charge in [-0.05, 0) is 37.6 Å². The van der Waals surface area contributed by atoms with Crippen molar-refractivity contribution in [3.8, 4) is 0 Å². The van der Waals surface area contributed by atoms with Crippen molar-refractivity contribution in [3.63, 3.8) is 0 Å². The lowest BCUT2D eigenvalue weighted by Gasteiger charge is -2.36. The van der Waals surface area contributed by atoms with Crippen LogP contribution in [0, 0.1) is 11.3 Å². The fourth-order valence-corrected chi connectivity index (χ4v) is 3.14. The van der Waals surface area contributed by atoms with Crippen LogP contribution in [0.3, 0.4) is 0 Å². The van der Waals surface area contributed by atoms with E-state index in [9.17, 15) is 4.79 Å². The zero-order valence-electron chi connectivity index (χ0n) is 12.8. The lowest BCUT2D eigenvalue weighted by molar-refractivity contribution is -0.126. The number of carbonyl (C=O) groups excluding carboxylic acids is 1. The highest BCUT2D eigenvalue weighted by atomic mass is 16.1. The maximum atomic E-state index is 12.2. The van der Waals surface area contributed by atoms with Crippen LogP contribution in [0.2, 0.25) is 0 Å². The van der Waals surface area contributed by atoms with E-state index >= 15 is 0 Å². The number of hydrogen-bond acceptors (Lipinski definition) is 2. The SMILES string of the molecule is CCCCC(CC)C(=O)NCC1(CN)CCCCC1. The molecule has 3 heteroatoms. The second kappa shape index (κ2) is 8.57. The first-order valence-electron chi connectivity index (χ1n) is 8.15. The van der Waals surface area contributed by atoms with Crippen LogP contribution < -0.4 is 11.1 Å². The predicted octanol–water partition coefficient (Wildman–Crippen LogP) is 3.23. The normalized spacial score (nSPS) is 19.9. The third-order valence-electron chi connectivity index (χ3n) is 4.75. The van der Waals surface area contributed by atoms with Crippen LogP contribution in [0.25, 0.3) is 0 Å². The molecule has 0 heterocycles. The van der Waals surface area contributed by atoms with Crippen molar-refractivity contribution in [2.45, 2.75) is 71.6 Å². The lowest BCUT2D eigenvalue weighted by Crippen LogP contribution is -2.45. The molecule has 0 spiro atoms. The second-order valence-corrected chi connectivity index (χ2v) is 6.23.